The predicted molar refractivity (Wildman–Crippen MR) is 52.5 cm³/mol. The van der Waals surface area contributed by atoms with E-state index in [0.717, 1.165) is 24.1 Å². The first kappa shape index (κ1) is 9.44. The van der Waals surface area contributed by atoms with Crippen LogP contribution < -0.4 is 0 Å². The Balaban J connectivity index is 2.37. The highest BCUT2D eigenvalue weighted by Crippen LogP contribution is 2.32. The Morgan fingerprint density at radius 2 is 1.93 bits per heavy atom. The minimum absolute atomic E-state index is 0.181. The Hall–Kier alpha value is -1.12. The summed E-state index contributed by atoms with van der Waals surface area (Å²) in [6.45, 7) is 2.66. The molecule has 0 radical (unpaired) electrons. The van der Waals surface area contributed by atoms with Crippen LogP contribution in [-0.2, 0) is 9.59 Å². The van der Waals surface area contributed by atoms with Crippen molar-refractivity contribution in [3.8, 4) is 0 Å². The van der Waals surface area contributed by atoms with Gasteiger partial charge in [-0.15, -0.1) is 0 Å². The normalized spacial score (nSPS) is 22.8. The highest BCUT2D eigenvalue weighted by Gasteiger charge is 2.30. The Labute approximate surface area is 83.8 Å². The Morgan fingerprint density at radius 1 is 1.14 bits per heavy atom. The maximum Gasteiger partial charge on any atom is 0.227 e. The summed E-state index contributed by atoms with van der Waals surface area (Å²) in [5.74, 6) is 0.443. The average Bonchev–Trinajstić information content (AvgIpc) is 2.18. The van der Waals surface area contributed by atoms with Crippen molar-refractivity contribution in [3.63, 3.8) is 0 Å². The van der Waals surface area contributed by atoms with Gasteiger partial charge < -0.3 is 4.90 Å². The number of rotatable bonds is 1. The summed E-state index contributed by atoms with van der Waals surface area (Å²) in [6, 6.07) is 0. The van der Waals surface area contributed by atoms with E-state index in [1.165, 1.54) is 0 Å². The lowest BCUT2D eigenvalue weighted by atomic mass is 9.88. The van der Waals surface area contributed by atoms with Gasteiger partial charge in [-0.3, -0.25) is 9.59 Å². The first-order valence-corrected chi connectivity index (χ1v) is 5.29. The topological polar surface area (TPSA) is 37.4 Å². The molecule has 0 aromatic carbocycles. The minimum Gasteiger partial charge on any atom is -0.316 e. The van der Waals surface area contributed by atoms with Gasteiger partial charge in [-0.1, -0.05) is 0 Å². The molecule has 2 rings (SSSR count). The molecule has 0 aromatic heterocycles. The molecule has 14 heavy (non-hydrogen) atoms. The van der Waals surface area contributed by atoms with Crippen LogP contribution in [-0.4, -0.2) is 23.1 Å². The summed E-state index contributed by atoms with van der Waals surface area (Å²) < 4.78 is 0. The van der Waals surface area contributed by atoms with Crippen LogP contribution in [0.2, 0.25) is 0 Å². The van der Waals surface area contributed by atoms with Crippen molar-refractivity contribution < 1.29 is 9.59 Å². The first-order valence-electron chi connectivity index (χ1n) is 5.29. The highest BCUT2D eigenvalue weighted by atomic mass is 16.2. The molecule has 0 saturated carbocycles. The molecule has 3 nitrogen and oxygen atoms in total. The lowest BCUT2D eigenvalue weighted by Crippen LogP contribution is -2.37. The van der Waals surface area contributed by atoms with E-state index in [0.29, 0.717) is 25.8 Å². The van der Waals surface area contributed by atoms with Crippen LogP contribution in [0.5, 0.6) is 0 Å². The van der Waals surface area contributed by atoms with Gasteiger partial charge >= 0.3 is 0 Å². The molecule has 76 valence electrons. The third-order valence-corrected chi connectivity index (χ3v) is 3.03. The van der Waals surface area contributed by atoms with Gasteiger partial charge in [0.1, 0.15) is 0 Å². The van der Waals surface area contributed by atoms with Crippen LogP contribution in [0.25, 0.3) is 0 Å². The van der Waals surface area contributed by atoms with Crippen molar-refractivity contribution in [2.45, 2.75) is 39.0 Å². The molecule has 2 aliphatic rings. The van der Waals surface area contributed by atoms with E-state index in [4.69, 9.17) is 0 Å². The molecule has 0 saturated heterocycles. The SMILES string of the molecule is CCN1C(=O)CCC2=C1CCCC2=O. The summed E-state index contributed by atoms with van der Waals surface area (Å²) in [5, 5.41) is 0. The zero-order valence-corrected chi connectivity index (χ0v) is 8.51. The second-order valence-corrected chi connectivity index (χ2v) is 3.84. The second kappa shape index (κ2) is 3.56. The van der Waals surface area contributed by atoms with Gasteiger partial charge in [0.2, 0.25) is 5.91 Å². The van der Waals surface area contributed by atoms with E-state index in [-0.39, 0.29) is 11.7 Å². The molecule has 0 aromatic rings. The fourth-order valence-electron chi connectivity index (χ4n) is 2.35. The van der Waals surface area contributed by atoms with Crippen molar-refractivity contribution in [3.05, 3.63) is 11.3 Å². The number of hydrogen-bond acceptors (Lipinski definition) is 2. The van der Waals surface area contributed by atoms with Crippen LogP contribution in [0.3, 0.4) is 0 Å². The van der Waals surface area contributed by atoms with Gasteiger partial charge in [0, 0.05) is 30.7 Å². The van der Waals surface area contributed by atoms with Gasteiger partial charge in [-0.2, -0.15) is 0 Å². The van der Waals surface area contributed by atoms with E-state index < -0.39 is 0 Å². The van der Waals surface area contributed by atoms with Crippen molar-refractivity contribution >= 4 is 11.7 Å². The number of nitrogens with zero attached hydrogens (tertiary/aromatic N) is 1. The first-order chi connectivity index (χ1) is 6.74. The number of allylic oxidation sites excluding steroid dienone is 2. The van der Waals surface area contributed by atoms with Gasteiger partial charge in [0.25, 0.3) is 0 Å². The average molecular weight is 193 g/mol. The molecule has 3 heteroatoms. The summed E-state index contributed by atoms with van der Waals surface area (Å²) in [4.78, 5) is 25.0. The molecule has 1 aliphatic carbocycles. The van der Waals surface area contributed by atoms with Crippen LogP contribution in [0.4, 0.5) is 0 Å². The van der Waals surface area contributed by atoms with Crippen LogP contribution in [0.15, 0.2) is 11.3 Å². The third kappa shape index (κ3) is 1.37. The molecule has 0 unspecified atom stereocenters. The van der Waals surface area contributed by atoms with Crippen molar-refractivity contribution in [1.29, 1.82) is 0 Å². The van der Waals surface area contributed by atoms with Crippen molar-refractivity contribution in [2.24, 2.45) is 0 Å². The minimum atomic E-state index is 0.181. The number of carbonyl (C=O) groups is 2. The number of hydrogen-bond donors (Lipinski definition) is 0. The fourth-order valence-corrected chi connectivity index (χ4v) is 2.35. The number of ketones is 1. The zero-order chi connectivity index (χ0) is 10.1. The van der Waals surface area contributed by atoms with E-state index in [1.807, 2.05) is 6.92 Å². The van der Waals surface area contributed by atoms with E-state index in [2.05, 4.69) is 0 Å². The largest absolute Gasteiger partial charge is 0.316 e. The second-order valence-electron chi connectivity index (χ2n) is 3.84. The summed E-state index contributed by atoms with van der Waals surface area (Å²) in [6.07, 6.45) is 3.66. The summed E-state index contributed by atoms with van der Waals surface area (Å²) in [7, 11) is 0. The monoisotopic (exact) mass is 193 g/mol. The van der Waals surface area contributed by atoms with Gasteiger partial charge in [0.05, 0.1) is 0 Å². The Morgan fingerprint density at radius 3 is 2.64 bits per heavy atom. The number of amides is 1. The molecular weight excluding hydrogens is 178 g/mol. The molecule has 1 amide bonds. The van der Waals surface area contributed by atoms with Crippen LogP contribution >= 0.6 is 0 Å². The number of Topliss-reactive ketones (excluding diaryl/α,β-unsaturated/α-hetero) is 1. The lowest BCUT2D eigenvalue weighted by Gasteiger charge is -2.33. The highest BCUT2D eigenvalue weighted by molar-refractivity contribution is 5.99. The molecule has 1 aliphatic heterocycles. The van der Waals surface area contributed by atoms with Crippen molar-refractivity contribution in [1.82, 2.24) is 4.90 Å². The summed E-state index contributed by atoms with van der Waals surface area (Å²) in [5.41, 5.74) is 1.94. The van der Waals surface area contributed by atoms with Crippen LogP contribution in [0.1, 0.15) is 39.0 Å². The Kier molecular flexibility index (Phi) is 2.40. The number of carbonyl (C=O) groups excluding carboxylic acids is 2. The quantitative estimate of drug-likeness (QED) is 0.634. The maximum absolute atomic E-state index is 11.6. The zero-order valence-electron chi connectivity index (χ0n) is 8.51. The smallest absolute Gasteiger partial charge is 0.227 e. The molecule has 0 N–H and O–H groups in total. The predicted octanol–water partition coefficient (Wildman–Crippen LogP) is 1.64. The molecular formula is C11H15NO2. The molecule has 0 fully saturated rings. The van der Waals surface area contributed by atoms with Crippen molar-refractivity contribution in [2.75, 3.05) is 6.54 Å². The van der Waals surface area contributed by atoms with Gasteiger partial charge in [-0.25, -0.2) is 0 Å². The fraction of sp³-hybridized carbons (Fsp3) is 0.636. The maximum atomic E-state index is 11.6. The molecule has 0 bridgehead atoms. The van der Waals surface area contributed by atoms with Gasteiger partial charge in [-0.05, 0) is 26.2 Å². The van der Waals surface area contributed by atoms with Crippen LogP contribution in [0, 0.1) is 0 Å². The standard InChI is InChI=1S/C11H15NO2/c1-2-12-9-4-3-5-10(13)8(9)6-7-11(12)14/h2-7H2,1H3. The summed E-state index contributed by atoms with van der Waals surface area (Å²) >= 11 is 0. The lowest BCUT2D eigenvalue weighted by molar-refractivity contribution is -0.130. The Bertz CT molecular complexity index is 317. The molecule has 0 atom stereocenters. The third-order valence-electron chi connectivity index (χ3n) is 3.03. The molecule has 1 heterocycles. The van der Waals surface area contributed by atoms with Gasteiger partial charge in [0.15, 0.2) is 5.78 Å². The van der Waals surface area contributed by atoms with E-state index >= 15 is 0 Å². The van der Waals surface area contributed by atoms with E-state index in [9.17, 15) is 9.59 Å². The molecule has 0 spiro atoms. The van der Waals surface area contributed by atoms with E-state index in [1.54, 1.807) is 4.90 Å².